The number of carbonyl (C=O) groups is 2. The van der Waals surface area contributed by atoms with Crippen molar-refractivity contribution in [2.45, 2.75) is 33.2 Å². The van der Waals surface area contributed by atoms with E-state index in [0.29, 0.717) is 11.4 Å². The van der Waals surface area contributed by atoms with Gasteiger partial charge in [-0.3, -0.25) is 9.78 Å². The molecule has 1 N–H and O–H groups in total. The van der Waals surface area contributed by atoms with Gasteiger partial charge in [-0.15, -0.1) is 0 Å². The fourth-order valence-corrected chi connectivity index (χ4v) is 2.25. The number of ether oxygens (including phenoxy) is 1. The number of carbonyl (C=O) groups excluding carboxylic acids is 1. The Bertz CT molecular complexity index is 625. The van der Waals surface area contributed by atoms with Gasteiger partial charge >= 0.3 is 5.97 Å². The summed E-state index contributed by atoms with van der Waals surface area (Å²) in [4.78, 5) is 27.1. The zero-order chi connectivity index (χ0) is 15.6. The fourth-order valence-electron chi connectivity index (χ4n) is 2.25. The van der Waals surface area contributed by atoms with Crippen LogP contribution in [0.5, 0.6) is 5.75 Å². The molecule has 0 saturated carbocycles. The molecular weight excluding hydrogens is 274 g/mol. The zero-order valence-corrected chi connectivity index (χ0v) is 12.2. The molecule has 1 aliphatic rings. The van der Waals surface area contributed by atoms with Gasteiger partial charge in [-0.2, -0.15) is 5.10 Å². The molecule has 2 rings (SSSR count). The van der Waals surface area contributed by atoms with Gasteiger partial charge in [-0.05, 0) is 13.8 Å². The number of methoxy groups -OCH3 is 1. The van der Waals surface area contributed by atoms with Gasteiger partial charge in [0, 0.05) is 30.2 Å². The molecule has 0 aliphatic carbocycles. The number of aryl methyl sites for hydroxylation is 1. The van der Waals surface area contributed by atoms with E-state index in [9.17, 15) is 9.59 Å². The van der Waals surface area contributed by atoms with Crippen LogP contribution in [0.3, 0.4) is 0 Å². The van der Waals surface area contributed by atoms with Gasteiger partial charge in [0.25, 0.3) is 0 Å². The lowest BCUT2D eigenvalue weighted by atomic mass is 10.1. The van der Waals surface area contributed by atoms with Crippen molar-refractivity contribution in [3.05, 3.63) is 23.0 Å². The highest BCUT2D eigenvalue weighted by Crippen LogP contribution is 2.25. The van der Waals surface area contributed by atoms with Gasteiger partial charge < -0.3 is 9.84 Å². The quantitative estimate of drug-likeness (QED) is 0.901. The first-order valence-electron chi connectivity index (χ1n) is 6.54. The molecule has 1 amide bonds. The highest BCUT2D eigenvalue weighted by molar-refractivity contribution is 6.36. The van der Waals surface area contributed by atoms with Gasteiger partial charge in [0.2, 0.25) is 5.91 Å². The van der Waals surface area contributed by atoms with Crippen LogP contribution in [0.25, 0.3) is 0 Å². The topological polar surface area (TPSA) is 92.1 Å². The first-order chi connectivity index (χ1) is 9.93. The van der Waals surface area contributed by atoms with Crippen LogP contribution in [0.1, 0.15) is 29.7 Å². The number of carboxylic acids is 1. The molecule has 21 heavy (non-hydrogen) atoms. The number of hydrazone groups is 1. The minimum atomic E-state index is -1.10. The first-order valence-corrected chi connectivity index (χ1v) is 6.54. The van der Waals surface area contributed by atoms with Crippen LogP contribution < -0.4 is 4.74 Å². The predicted octanol–water partition coefficient (Wildman–Crippen LogP) is 1.27. The SMILES string of the molecule is COc1c(C)cnc(CN2N=C(C(=O)O)CCC2=O)c1C. The summed E-state index contributed by atoms with van der Waals surface area (Å²) in [5.41, 5.74) is 2.36. The second-order valence-electron chi connectivity index (χ2n) is 4.85. The normalized spacial score (nSPS) is 14.9. The number of rotatable bonds is 4. The average molecular weight is 291 g/mol. The first kappa shape index (κ1) is 15.0. The minimum absolute atomic E-state index is 0.00803. The van der Waals surface area contributed by atoms with Crippen molar-refractivity contribution in [1.82, 2.24) is 9.99 Å². The van der Waals surface area contributed by atoms with Gasteiger partial charge in [0.15, 0.2) is 0 Å². The number of carboxylic acid groups (broad SMARTS) is 1. The Morgan fingerprint density at radius 2 is 2.14 bits per heavy atom. The van der Waals surface area contributed by atoms with Crippen molar-refractivity contribution < 1.29 is 19.4 Å². The smallest absolute Gasteiger partial charge is 0.352 e. The highest BCUT2D eigenvalue weighted by atomic mass is 16.5. The molecule has 0 bridgehead atoms. The average Bonchev–Trinajstić information content (AvgIpc) is 2.44. The molecule has 112 valence electrons. The van der Waals surface area contributed by atoms with Crippen LogP contribution in [-0.4, -0.2) is 39.8 Å². The number of hydrogen-bond acceptors (Lipinski definition) is 5. The Labute approximate surface area is 122 Å². The molecule has 1 aromatic rings. The summed E-state index contributed by atoms with van der Waals surface area (Å²) in [7, 11) is 1.58. The lowest BCUT2D eigenvalue weighted by Gasteiger charge is -2.23. The molecule has 0 aromatic carbocycles. The number of amides is 1. The highest BCUT2D eigenvalue weighted by Gasteiger charge is 2.25. The van der Waals surface area contributed by atoms with Crippen molar-refractivity contribution in [3.8, 4) is 5.75 Å². The Balaban J connectivity index is 2.31. The van der Waals surface area contributed by atoms with Crippen molar-refractivity contribution >= 4 is 17.6 Å². The van der Waals surface area contributed by atoms with Crippen LogP contribution in [0.4, 0.5) is 0 Å². The predicted molar refractivity (Wildman–Crippen MR) is 75.1 cm³/mol. The number of pyridine rings is 1. The van der Waals surface area contributed by atoms with E-state index in [1.54, 1.807) is 13.3 Å². The van der Waals surface area contributed by atoms with E-state index in [2.05, 4.69) is 10.1 Å². The fraction of sp³-hybridized carbons (Fsp3) is 0.429. The molecule has 0 spiro atoms. The summed E-state index contributed by atoms with van der Waals surface area (Å²) >= 11 is 0. The summed E-state index contributed by atoms with van der Waals surface area (Å²) in [5, 5.41) is 14.0. The third-order valence-corrected chi connectivity index (χ3v) is 3.40. The molecular formula is C14H17N3O4. The molecule has 1 aliphatic heterocycles. The van der Waals surface area contributed by atoms with Crippen molar-refractivity contribution in [2.24, 2.45) is 5.10 Å². The molecule has 7 heteroatoms. The van der Waals surface area contributed by atoms with E-state index in [4.69, 9.17) is 9.84 Å². The number of hydrogen-bond donors (Lipinski definition) is 1. The van der Waals surface area contributed by atoms with Crippen LogP contribution in [0.2, 0.25) is 0 Å². The van der Waals surface area contributed by atoms with Crippen molar-refractivity contribution in [2.75, 3.05) is 7.11 Å². The van der Waals surface area contributed by atoms with Gasteiger partial charge in [0.05, 0.1) is 19.3 Å². The molecule has 0 unspecified atom stereocenters. The Kier molecular flexibility index (Phi) is 4.21. The molecule has 0 radical (unpaired) electrons. The largest absolute Gasteiger partial charge is 0.496 e. The van der Waals surface area contributed by atoms with E-state index >= 15 is 0 Å². The summed E-state index contributed by atoms with van der Waals surface area (Å²) in [5.74, 6) is -0.591. The third-order valence-electron chi connectivity index (χ3n) is 3.40. The van der Waals surface area contributed by atoms with Gasteiger partial charge in [-0.25, -0.2) is 9.80 Å². The third kappa shape index (κ3) is 3.01. The Hall–Kier alpha value is -2.44. The monoisotopic (exact) mass is 291 g/mol. The molecule has 0 atom stereocenters. The van der Waals surface area contributed by atoms with Crippen LogP contribution >= 0.6 is 0 Å². The summed E-state index contributed by atoms with van der Waals surface area (Å²) in [6.45, 7) is 3.87. The minimum Gasteiger partial charge on any atom is -0.496 e. The van der Waals surface area contributed by atoms with Crippen LogP contribution in [0, 0.1) is 13.8 Å². The summed E-state index contributed by atoms with van der Waals surface area (Å²) < 4.78 is 5.32. The van der Waals surface area contributed by atoms with Crippen LogP contribution in [0.15, 0.2) is 11.3 Å². The summed E-state index contributed by atoms with van der Waals surface area (Å²) in [6, 6.07) is 0. The Morgan fingerprint density at radius 3 is 2.76 bits per heavy atom. The molecule has 2 heterocycles. The second-order valence-corrected chi connectivity index (χ2v) is 4.85. The zero-order valence-electron chi connectivity index (χ0n) is 12.2. The standard InChI is InChI=1S/C14H17N3O4/c1-8-6-15-11(9(2)13(8)21-3)7-17-12(18)5-4-10(16-17)14(19)20/h6H,4-5,7H2,1-3H3,(H,19,20). The van der Waals surface area contributed by atoms with E-state index in [1.165, 1.54) is 0 Å². The van der Waals surface area contributed by atoms with Gasteiger partial charge in [0.1, 0.15) is 11.5 Å². The molecule has 0 fully saturated rings. The maximum atomic E-state index is 11.9. The summed E-state index contributed by atoms with van der Waals surface area (Å²) in [6.07, 6.45) is 1.97. The molecule has 7 nitrogen and oxygen atoms in total. The van der Waals surface area contributed by atoms with E-state index in [0.717, 1.165) is 16.1 Å². The van der Waals surface area contributed by atoms with E-state index in [1.807, 2.05) is 13.8 Å². The number of aromatic nitrogens is 1. The number of aliphatic carboxylic acids is 1. The lowest BCUT2D eigenvalue weighted by molar-refractivity contribution is -0.133. The number of nitrogens with zero attached hydrogens (tertiary/aromatic N) is 3. The molecule has 0 saturated heterocycles. The van der Waals surface area contributed by atoms with Crippen molar-refractivity contribution in [1.29, 1.82) is 0 Å². The van der Waals surface area contributed by atoms with Crippen molar-refractivity contribution in [3.63, 3.8) is 0 Å². The van der Waals surface area contributed by atoms with E-state index in [-0.39, 0.29) is 31.0 Å². The lowest BCUT2D eigenvalue weighted by Crippen LogP contribution is -2.34. The maximum Gasteiger partial charge on any atom is 0.352 e. The molecule has 1 aromatic heterocycles. The second kappa shape index (κ2) is 5.90. The van der Waals surface area contributed by atoms with E-state index < -0.39 is 5.97 Å². The van der Waals surface area contributed by atoms with Gasteiger partial charge in [-0.1, -0.05) is 0 Å². The Morgan fingerprint density at radius 1 is 1.43 bits per heavy atom. The maximum absolute atomic E-state index is 11.9. The van der Waals surface area contributed by atoms with Crippen LogP contribution in [-0.2, 0) is 16.1 Å².